The minimum absolute atomic E-state index is 0.0423. The molecule has 0 aliphatic carbocycles. The number of rotatable bonds is 5. The van der Waals surface area contributed by atoms with Gasteiger partial charge in [-0.25, -0.2) is 0 Å². The molecule has 0 spiro atoms. The Hall–Kier alpha value is -1.36. The monoisotopic (exact) mass is 226 g/mol. The highest BCUT2D eigenvalue weighted by molar-refractivity contribution is 5.23. The lowest BCUT2D eigenvalue weighted by atomic mass is 10.1. The molecule has 0 aliphatic heterocycles. The summed E-state index contributed by atoms with van der Waals surface area (Å²) in [6.45, 7) is 4.27. The van der Waals surface area contributed by atoms with Crippen LogP contribution < -0.4 is 5.56 Å². The number of hydrogen-bond acceptors (Lipinski definition) is 4. The van der Waals surface area contributed by atoms with Gasteiger partial charge in [0, 0.05) is 13.0 Å². The Labute approximate surface area is 94.5 Å². The van der Waals surface area contributed by atoms with Gasteiger partial charge in [0.25, 0.3) is 5.56 Å². The van der Waals surface area contributed by atoms with Crippen LogP contribution in [-0.2, 0) is 11.2 Å². The van der Waals surface area contributed by atoms with Crippen molar-refractivity contribution in [2.24, 2.45) is 0 Å². The number of aromatic amines is 1. The summed E-state index contributed by atoms with van der Waals surface area (Å²) in [6, 6.07) is 0. The molecule has 0 fully saturated rings. The van der Waals surface area contributed by atoms with Gasteiger partial charge in [-0.15, -0.1) is 0 Å². The SMILES string of the molecule is CCCc1c(O)nc(C(C)COC)[nH]c1=O. The lowest BCUT2D eigenvalue weighted by Crippen LogP contribution is -2.19. The average molecular weight is 226 g/mol. The molecule has 16 heavy (non-hydrogen) atoms. The van der Waals surface area contributed by atoms with Gasteiger partial charge >= 0.3 is 0 Å². The third kappa shape index (κ3) is 2.82. The van der Waals surface area contributed by atoms with Gasteiger partial charge in [-0.2, -0.15) is 4.98 Å². The molecule has 0 aliphatic rings. The van der Waals surface area contributed by atoms with Crippen LogP contribution in [0, 0.1) is 0 Å². The summed E-state index contributed by atoms with van der Waals surface area (Å²) in [5.74, 6) is 0.257. The van der Waals surface area contributed by atoms with Gasteiger partial charge in [0.1, 0.15) is 5.82 Å². The molecule has 90 valence electrons. The first kappa shape index (κ1) is 12.7. The maximum atomic E-state index is 11.7. The van der Waals surface area contributed by atoms with E-state index < -0.39 is 0 Å². The van der Waals surface area contributed by atoms with Crippen molar-refractivity contribution in [1.82, 2.24) is 9.97 Å². The van der Waals surface area contributed by atoms with E-state index in [1.54, 1.807) is 7.11 Å². The number of nitrogens with one attached hydrogen (secondary N) is 1. The Balaban J connectivity index is 3.04. The summed E-state index contributed by atoms with van der Waals surface area (Å²) < 4.78 is 4.97. The average Bonchev–Trinajstić information content (AvgIpc) is 2.23. The van der Waals surface area contributed by atoms with E-state index >= 15 is 0 Å². The largest absolute Gasteiger partial charge is 0.493 e. The van der Waals surface area contributed by atoms with Crippen molar-refractivity contribution in [2.45, 2.75) is 32.6 Å². The molecule has 0 bridgehead atoms. The van der Waals surface area contributed by atoms with E-state index in [-0.39, 0.29) is 17.4 Å². The Morgan fingerprint density at radius 1 is 1.56 bits per heavy atom. The smallest absolute Gasteiger partial charge is 0.257 e. The van der Waals surface area contributed by atoms with E-state index in [1.165, 1.54) is 0 Å². The van der Waals surface area contributed by atoms with Crippen molar-refractivity contribution in [2.75, 3.05) is 13.7 Å². The van der Waals surface area contributed by atoms with Crippen molar-refractivity contribution in [1.29, 1.82) is 0 Å². The van der Waals surface area contributed by atoms with Crippen molar-refractivity contribution in [3.63, 3.8) is 0 Å². The molecule has 0 saturated carbocycles. The second-order valence-electron chi connectivity index (χ2n) is 3.86. The first-order valence-corrected chi connectivity index (χ1v) is 5.41. The van der Waals surface area contributed by atoms with Gasteiger partial charge in [-0.05, 0) is 6.42 Å². The van der Waals surface area contributed by atoms with E-state index in [2.05, 4.69) is 9.97 Å². The van der Waals surface area contributed by atoms with E-state index in [1.807, 2.05) is 13.8 Å². The lowest BCUT2D eigenvalue weighted by molar-refractivity contribution is 0.181. The van der Waals surface area contributed by atoms with Crippen LogP contribution in [0.1, 0.15) is 37.6 Å². The number of methoxy groups -OCH3 is 1. The molecule has 5 heteroatoms. The molecule has 5 nitrogen and oxygen atoms in total. The van der Waals surface area contributed by atoms with Crippen molar-refractivity contribution in [3.05, 3.63) is 21.7 Å². The quantitative estimate of drug-likeness (QED) is 0.790. The van der Waals surface area contributed by atoms with Gasteiger partial charge < -0.3 is 14.8 Å². The zero-order chi connectivity index (χ0) is 12.1. The number of aromatic nitrogens is 2. The highest BCUT2D eigenvalue weighted by Crippen LogP contribution is 2.15. The number of aromatic hydroxyl groups is 1. The molecule has 1 unspecified atom stereocenters. The fourth-order valence-corrected chi connectivity index (χ4v) is 1.54. The molecule has 0 saturated heterocycles. The van der Waals surface area contributed by atoms with Gasteiger partial charge in [0.15, 0.2) is 0 Å². The standard InChI is InChI=1S/C11H18N2O3/c1-4-5-8-10(14)12-9(13-11(8)15)7(2)6-16-3/h7H,4-6H2,1-3H3,(H2,12,13,14,15). The Kier molecular flexibility index (Phi) is 4.49. The highest BCUT2D eigenvalue weighted by atomic mass is 16.5. The Morgan fingerprint density at radius 3 is 2.75 bits per heavy atom. The first-order valence-electron chi connectivity index (χ1n) is 5.41. The van der Waals surface area contributed by atoms with E-state index in [0.717, 1.165) is 6.42 Å². The summed E-state index contributed by atoms with van der Waals surface area (Å²) >= 11 is 0. The van der Waals surface area contributed by atoms with Crippen LogP contribution in [-0.4, -0.2) is 28.8 Å². The third-order valence-corrected chi connectivity index (χ3v) is 2.40. The topological polar surface area (TPSA) is 75.2 Å². The van der Waals surface area contributed by atoms with Crippen LogP contribution in [0.5, 0.6) is 5.88 Å². The molecule has 1 rings (SSSR count). The first-order chi connectivity index (χ1) is 7.60. The van der Waals surface area contributed by atoms with Gasteiger partial charge in [-0.1, -0.05) is 20.3 Å². The van der Waals surface area contributed by atoms with Crippen LogP contribution in [0.2, 0.25) is 0 Å². The highest BCUT2D eigenvalue weighted by Gasteiger charge is 2.13. The molecule has 1 heterocycles. The predicted molar refractivity (Wildman–Crippen MR) is 60.8 cm³/mol. The Bertz CT molecular complexity index is 401. The summed E-state index contributed by atoms with van der Waals surface area (Å²) in [5, 5.41) is 9.65. The fraction of sp³-hybridized carbons (Fsp3) is 0.636. The molecule has 1 atom stereocenters. The number of ether oxygens (including phenoxy) is 1. The fourth-order valence-electron chi connectivity index (χ4n) is 1.54. The third-order valence-electron chi connectivity index (χ3n) is 2.40. The summed E-state index contributed by atoms with van der Waals surface area (Å²) in [7, 11) is 1.58. The van der Waals surface area contributed by atoms with Crippen molar-refractivity contribution >= 4 is 0 Å². The number of hydrogen-bond donors (Lipinski definition) is 2. The summed E-state index contributed by atoms with van der Waals surface area (Å²) in [4.78, 5) is 18.3. The van der Waals surface area contributed by atoms with Crippen LogP contribution >= 0.6 is 0 Å². The normalized spacial score (nSPS) is 12.7. The van der Waals surface area contributed by atoms with E-state index in [4.69, 9.17) is 4.74 Å². The number of nitrogens with zero attached hydrogens (tertiary/aromatic N) is 1. The zero-order valence-electron chi connectivity index (χ0n) is 9.91. The molecule has 0 aromatic carbocycles. The zero-order valence-corrected chi connectivity index (χ0v) is 9.91. The van der Waals surface area contributed by atoms with E-state index in [9.17, 15) is 9.90 Å². The van der Waals surface area contributed by atoms with Gasteiger partial charge in [-0.3, -0.25) is 4.79 Å². The van der Waals surface area contributed by atoms with Crippen LogP contribution in [0.4, 0.5) is 0 Å². The maximum absolute atomic E-state index is 11.7. The summed E-state index contributed by atoms with van der Waals surface area (Å²) in [6.07, 6.45) is 1.33. The Morgan fingerprint density at radius 2 is 2.25 bits per heavy atom. The second kappa shape index (κ2) is 5.65. The predicted octanol–water partition coefficient (Wildman–Crippen LogP) is 1.18. The molecular formula is C11H18N2O3. The minimum Gasteiger partial charge on any atom is -0.493 e. The molecule has 0 amide bonds. The number of H-pyrrole nitrogens is 1. The lowest BCUT2D eigenvalue weighted by Gasteiger charge is -2.10. The minimum atomic E-state index is -0.257. The van der Waals surface area contributed by atoms with Gasteiger partial charge in [0.2, 0.25) is 5.88 Å². The molecular weight excluding hydrogens is 208 g/mol. The second-order valence-corrected chi connectivity index (χ2v) is 3.86. The summed E-state index contributed by atoms with van der Waals surface area (Å²) in [5.41, 5.74) is 0.100. The van der Waals surface area contributed by atoms with Crippen LogP contribution in [0.3, 0.4) is 0 Å². The molecule has 1 aromatic heterocycles. The molecule has 1 aromatic rings. The van der Waals surface area contributed by atoms with Crippen molar-refractivity contribution in [3.8, 4) is 5.88 Å². The van der Waals surface area contributed by atoms with Gasteiger partial charge in [0.05, 0.1) is 12.2 Å². The van der Waals surface area contributed by atoms with Crippen LogP contribution in [0.25, 0.3) is 0 Å². The maximum Gasteiger partial charge on any atom is 0.257 e. The van der Waals surface area contributed by atoms with Crippen LogP contribution in [0.15, 0.2) is 4.79 Å². The molecule has 2 N–H and O–H groups in total. The van der Waals surface area contributed by atoms with E-state index in [0.29, 0.717) is 24.4 Å². The molecule has 0 radical (unpaired) electrons. The van der Waals surface area contributed by atoms with Crippen molar-refractivity contribution < 1.29 is 9.84 Å².